The number of thiophene rings is 1. The molecule has 0 fully saturated rings. The van der Waals surface area contributed by atoms with Gasteiger partial charge in [0.1, 0.15) is 0 Å². The van der Waals surface area contributed by atoms with E-state index in [1.54, 1.807) is 23.1 Å². The zero-order valence-corrected chi connectivity index (χ0v) is 12.5. The molecule has 88 valence electrons. The monoisotopic (exact) mass is 326 g/mol. The quantitative estimate of drug-likeness (QED) is 0.600. The second kappa shape index (κ2) is 5.85. The molecule has 0 atom stereocenters. The van der Waals surface area contributed by atoms with Gasteiger partial charge in [0.05, 0.1) is 0 Å². The second-order valence-corrected chi connectivity index (χ2v) is 6.20. The highest BCUT2D eigenvalue weighted by Crippen LogP contribution is 2.26. The van der Waals surface area contributed by atoms with Crippen LogP contribution in [0, 0.1) is 0 Å². The van der Waals surface area contributed by atoms with E-state index in [4.69, 9.17) is 0 Å². The van der Waals surface area contributed by atoms with Gasteiger partial charge in [-0.05, 0) is 39.7 Å². The fraction of sp³-hybridized carbons (Fsp3) is 0.154. The highest BCUT2D eigenvalue weighted by Gasteiger charge is 2.13. The average Bonchev–Trinajstić information content (AvgIpc) is 2.75. The Hall–Kier alpha value is -0.580. The Morgan fingerprint density at radius 3 is 2.76 bits per heavy atom. The van der Waals surface area contributed by atoms with Gasteiger partial charge in [-0.15, -0.1) is 23.1 Å². The lowest BCUT2D eigenvalue weighted by molar-refractivity contribution is 0.0991. The molecule has 0 bridgehead atoms. The van der Waals surface area contributed by atoms with Crippen LogP contribution in [0.1, 0.15) is 15.2 Å². The van der Waals surface area contributed by atoms with Crippen LogP contribution in [-0.4, -0.2) is 12.0 Å². The minimum Gasteiger partial charge on any atom is -0.294 e. The van der Waals surface area contributed by atoms with E-state index in [2.05, 4.69) is 15.9 Å². The lowest BCUT2D eigenvalue weighted by atomic mass is 10.1. The minimum atomic E-state index is 0.179. The maximum absolute atomic E-state index is 12.2. The van der Waals surface area contributed by atoms with Gasteiger partial charge in [-0.2, -0.15) is 0 Å². The van der Waals surface area contributed by atoms with Crippen LogP contribution in [0.25, 0.3) is 0 Å². The Kier molecular flexibility index (Phi) is 4.42. The summed E-state index contributed by atoms with van der Waals surface area (Å²) in [5.41, 5.74) is 0.820. The third kappa shape index (κ3) is 3.00. The summed E-state index contributed by atoms with van der Waals surface area (Å²) in [5.74, 6) is 0.179. The van der Waals surface area contributed by atoms with Crippen LogP contribution in [0.15, 0.2) is 45.1 Å². The van der Waals surface area contributed by atoms with E-state index in [1.807, 2.05) is 42.0 Å². The number of thioether (sulfide) groups is 1. The van der Waals surface area contributed by atoms with Crippen molar-refractivity contribution in [3.05, 3.63) is 50.6 Å². The summed E-state index contributed by atoms with van der Waals surface area (Å²) in [4.78, 5) is 14.4. The highest BCUT2D eigenvalue weighted by atomic mass is 79.9. The normalized spacial score (nSPS) is 10.5. The molecule has 0 amide bonds. The van der Waals surface area contributed by atoms with Gasteiger partial charge in [-0.1, -0.05) is 18.2 Å². The molecule has 2 aromatic rings. The van der Waals surface area contributed by atoms with Gasteiger partial charge in [0.15, 0.2) is 5.78 Å². The number of hydrogen-bond donors (Lipinski definition) is 0. The number of carbonyl (C=O) groups is 1. The van der Waals surface area contributed by atoms with Crippen molar-refractivity contribution in [3.63, 3.8) is 0 Å². The van der Waals surface area contributed by atoms with Crippen molar-refractivity contribution in [2.24, 2.45) is 0 Å². The molecule has 0 aliphatic carbocycles. The molecule has 0 N–H and O–H groups in total. The number of carbonyl (C=O) groups excluding carboxylic acids is 1. The molecule has 1 heterocycles. The first-order valence-electron chi connectivity index (χ1n) is 5.10. The minimum absolute atomic E-state index is 0.179. The van der Waals surface area contributed by atoms with E-state index < -0.39 is 0 Å². The number of hydrogen-bond acceptors (Lipinski definition) is 3. The van der Waals surface area contributed by atoms with Crippen molar-refractivity contribution in [2.45, 2.75) is 11.3 Å². The van der Waals surface area contributed by atoms with Crippen LogP contribution in [0.2, 0.25) is 0 Å². The molecule has 0 saturated carbocycles. The number of halogens is 1. The molecule has 0 unspecified atom stereocenters. The van der Waals surface area contributed by atoms with Crippen LogP contribution in [0.3, 0.4) is 0 Å². The van der Waals surface area contributed by atoms with E-state index in [0.717, 1.165) is 19.8 Å². The van der Waals surface area contributed by atoms with Crippen molar-refractivity contribution in [3.8, 4) is 0 Å². The maximum Gasteiger partial charge on any atom is 0.169 e. The van der Waals surface area contributed by atoms with Gasteiger partial charge >= 0.3 is 0 Å². The van der Waals surface area contributed by atoms with E-state index in [0.29, 0.717) is 6.42 Å². The van der Waals surface area contributed by atoms with Crippen molar-refractivity contribution >= 4 is 44.8 Å². The standard InChI is InChI=1S/C13H11BrOS2/c1-16-12-5-3-2-4-9(12)11(15)8-13-10(14)6-7-17-13/h2-7H,8H2,1H3. The molecular weight excluding hydrogens is 316 g/mol. The largest absolute Gasteiger partial charge is 0.294 e. The summed E-state index contributed by atoms with van der Waals surface area (Å²) in [6, 6.07) is 9.74. The SMILES string of the molecule is CSc1ccccc1C(=O)Cc1sccc1Br. The third-order valence-electron chi connectivity index (χ3n) is 2.42. The van der Waals surface area contributed by atoms with Gasteiger partial charge < -0.3 is 0 Å². The molecular formula is C13H11BrOS2. The Morgan fingerprint density at radius 2 is 2.12 bits per heavy atom. The van der Waals surface area contributed by atoms with Crippen LogP contribution in [-0.2, 0) is 6.42 Å². The Balaban J connectivity index is 2.23. The number of ketones is 1. The summed E-state index contributed by atoms with van der Waals surface area (Å²) in [5, 5.41) is 1.99. The maximum atomic E-state index is 12.2. The fourth-order valence-electron chi connectivity index (χ4n) is 1.57. The van der Waals surface area contributed by atoms with E-state index in [1.165, 1.54) is 0 Å². The molecule has 0 radical (unpaired) electrons. The van der Waals surface area contributed by atoms with Crippen LogP contribution < -0.4 is 0 Å². The number of rotatable bonds is 4. The zero-order chi connectivity index (χ0) is 12.3. The molecule has 17 heavy (non-hydrogen) atoms. The summed E-state index contributed by atoms with van der Waals surface area (Å²) >= 11 is 6.68. The number of benzene rings is 1. The van der Waals surface area contributed by atoms with E-state index in [-0.39, 0.29) is 5.78 Å². The number of Topliss-reactive ketones (excluding diaryl/α,β-unsaturated/α-hetero) is 1. The van der Waals surface area contributed by atoms with Gasteiger partial charge in [-0.25, -0.2) is 0 Å². The first-order chi connectivity index (χ1) is 8.22. The van der Waals surface area contributed by atoms with Crippen LogP contribution >= 0.6 is 39.0 Å². The van der Waals surface area contributed by atoms with Gasteiger partial charge in [0.25, 0.3) is 0 Å². The molecule has 0 saturated heterocycles. The molecule has 0 spiro atoms. The average molecular weight is 327 g/mol. The van der Waals surface area contributed by atoms with Gasteiger partial charge in [-0.3, -0.25) is 4.79 Å². The Morgan fingerprint density at radius 1 is 1.35 bits per heavy atom. The smallest absolute Gasteiger partial charge is 0.169 e. The highest BCUT2D eigenvalue weighted by molar-refractivity contribution is 9.10. The molecule has 4 heteroatoms. The van der Waals surface area contributed by atoms with Crippen molar-refractivity contribution < 1.29 is 4.79 Å². The van der Waals surface area contributed by atoms with Crippen molar-refractivity contribution in [1.82, 2.24) is 0 Å². The predicted octanol–water partition coefficient (Wildman–Crippen LogP) is 4.66. The van der Waals surface area contributed by atoms with Crippen molar-refractivity contribution in [2.75, 3.05) is 6.26 Å². The lowest BCUT2D eigenvalue weighted by Gasteiger charge is -2.05. The molecule has 1 aromatic carbocycles. The second-order valence-electron chi connectivity index (χ2n) is 3.49. The van der Waals surface area contributed by atoms with Gasteiger partial charge in [0.2, 0.25) is 0 Å². The van der Waals surface area contributed by atoms with Crippen LogP contribution in [0.5, 0.6) is 0 Å². The van der Waals surface area contributed by atoms with E-state index in [9.17, 15) is 4.79 Å². The summed E-state index contributed by atoms with van der Waals surface area (Å²) in [6.07, 6.45) is 2.46. The Labute approximate surface area is 117 Å². The van der Waals surface area contributed by atoms with Crippen LogP contribution in [0.4, 0.5) is 0 Å². The zero-order valence-electron chi connectivity index (χ0n) is 9.27. The lowest BCUT2D eigenvalue weighted by Crippen LogP contribution is -2.04. The molecule has 1 aromatic heterocycles. The molecule has 2 rings (SSSR count). The van der Waals surface area contributed by atoms with Gasteiger partial charge in [0, 0.05) is 26.2 Å². The molecule has 0 aliphatic rings. The topological polar surface area (TPSA) is 17.1 Å². The summed E-state index contributed by atoms with van der Waals surface area (Å²) in [7, 11) is 0. The summed E-state index contributed by atoms with van der Waals surface area (Å²) in [6.45, 7) is 0. The first kappa shape index (κ1) is 12.9. The predicted molar refractivity (Wildman–Crippen MR) is 78.3 cm³/mol. The molecule has 0 aliphatic heterocycles. The fourth-order valence-corrected chi connectivity index (χ4v) is 3.67. The van der Waals surface area contributed by atoms with E-state index >= 15 is 0 Å². The third-order valence-corrected chi connectivity index (χ3v) is 5.14. The summed E-state index contributed by atoms with van der Waals surface area (Å²) < 4.78 is 1.03. The first-order valence-corrected chi connectivity index (χ1v) is 8.00. The molecule has 1 nitrogen and oxygen atoms in total. The Bertz CT molecular complexity index is 534. The van der Waals surface area contributed by atoms with Crippen molar-refractivity contribution in [1.29, 1.82) is 0 Å².